The number of aryl methyl sites for hydroxylation is 1. The van der Waals surface area contributed by atoms with Gasteiger partial charge in [-0.25, -0.2) is 4.79 Å². The van der Waals surface area contributed by atoms with Gasteiger partial charge < -0.3 is 4.74 Å². The molecule has 2 nitrogen and oxygen atoms in total. The van der Waals surface area contributed by atoms with E-state index in [0.29, 0.717) is 15.6 Å². The molecule has 0 radical (unpaired) electrons. The summed E-state index contributed by atoms with van der Waals surface area (Å²) < 4.78 is 5.45. The fourth-order valence-electron chi connectivity index (χ4n) is 2.63. The zero-order valence-corrected chi connectivity index (χ0v) is 15.2. The van der Waals surface area contributed by atoms with Crippen molar-refractivity contribution in [3.05, 3.63) is 69.6 Å². The van der Waals surface area contributed by atoms with Gasteiger partial charge in [-0.1, -0.05) is 23.2 Å². The molecular weight excluding hydrogens is 360 g/mol. The summed E-state index contributed by atoms with van der Waals surface area (Å²) in [5, 5.41) is 0.616. The lowest BCUT2D eigenvalue weighted by molar-refractivity contribution is 0.0740. The normalized spacial score (nSPS) is 12.4. The summed E-state index contributed by atoms with van der Waals surface area (Å²) in [6.07, 6.45) is 0. The molecule has 0 unspecified atom stereocenters. The van der Waals surface area contributed by atoms with Crippen LogP contribution in [0.25, 0.3) is 10.4 Å². The van der Waals surface area contributed by atoms with Gasteiger partial charge in [-0.2, -0.15) is 0 Å². The van der Waals surface area contributed by atoms with Crippen molar-refractivity contribution >= 4 is 40.7 Å². The van der Waals surface area contributed by atoms with Gasteiger partial charge in [0.05, 0.1) is 0 Å². The van der Waals surface area contributed by atoms with Crippen LogP contribution in [0.1, 0.15) is 20.8 Å². The van der Waals surface area contributed by atoms with Crippen molar-refractivity contribution in [2.24, 2.45) is 0 Å². The van der Waals surface area contributed by atoms with E-state index in [2.05, 4.69) is 25.1 Å². The number of rotatable bonds is 2. The molecule has 0 aliphatic carbocycles. The molecule has 4 rings (SSSR count). The number of esters is 1. The zero-order chi connectivity index (χ0) is 16.7. The minimum absolute atomic E-state index is 0.323. The summed E-state index contributed by atoms with van der Waals surface area (Å²) >= 11 is 9.17. The van der Waals surface area contributed by atoms with Gasteiger partial charge in [0.25, 0.3) is 0 Å². The van der Waals surface area contributed by atoms with Crippen molar-refractivity contribution in [3.8, 4) is 16.2 Å². The van der Waals surface area contributed by atoms with Crippen LogP contribution in [-0.2, 0) is 5.75 Å². The SMILES string of the molecule is Cc1ccc2c(c1)-c1sc(C(=O)Oc3ccc(Cl)cc3)cc1CS2. The summed E-state index contributed by atoms with van der Waals surface area (Å²) in [4.78, 5) is 15.5. The highest BCUT2D eigenvalue weighted by atomic mass is 35.5. The molecule has 0 amide bonds. The second kappa shape index (κ2) is 6.28. The van der Waals surface area contributed by atoms with Gasteiger partial charge in [0.2, 0.25) is 0 Å². The van der Waals surface area contributed by atoms with E-state index in [4.69, 9.17) is 16.3 Å². The van der Waals surface area contributed by atoms with Gasteiger partial charge in [-0.05, 0) is 55.0 Å². The van der Waals surface area contributed by atoms with Crippen molar-refractivity contribution in [1.82, 2.24) is 0 Å². The summed E-state index contributed by atoms with van der Waals surface area (Å²) in [7, 11) is 0. The molecular formula is C19H13ClO2S2. The van der Waals surface area contributed by atoms with E-state index >= 15 is 0 Å². The summed E-state index contributed by atoms with van der Waals surface area (Å²) in [5.74, 6) is 1.06. The number of halogens is 1. The van der Waals surface area contributed by atoms with Crippen molar-refractivity contribution in [2.45, 2.75) is 17.6 Å². The monoisotopic (exact) mass is 372 g/mol. The summed E-state index contributed by atoms with van der Waals surface area (Å²) in [6.45, 7) is 2.09. The highest BCUT2D eigenvalue weighted by Crippen LogP contribution is 2.46. The molecule has 0 saturated heterocycles. The zero-order valence-electron chi connectivity index (χ0n) is 12.8. The second-order valence-corrected chi connectivity index (χ2v) is 8.10. The van der Waals surface area contributed by atoms with Gasteiger partial charge >= 0.3 is 5.97 Å². The van der Waals surface area contributed by atoms with E-state index in [1.54, 1.807) is 24.3 Å². The van der Waals surface area contributed by atoms with E-state index in [9.17, 15) is 4.79 Å². The Morgan fingerprint density at radius 3 is 2.71 bits per heavy atom. The number of benzene rings is 2. The smallest absolute Gasteiger partial charge is 0.353 e. The third-order valence-electron chi connectivity index (χ3n) is 3.80. The number of ether oxygens (including phenoxy) is 1. The van der Waals surface area contributed by atoms with E-state index < -0.39 is 0 Å². The van der Waals surface area contributed by atoms with Crippen molar-refractivity contribution < 1.29 is 9.53 Å². The average molecular weight is 373 g/mol. The number of thiophene rings is 1. The van der Waals surface area contributed by atoms with Crippen LogP contribution in [0.15, 0.2) is 53.4 Å². The van der Waals surface area contributed by atoms with Gasteiger partial charge in [0.15, 0.2) is 0 Å². The lowest BCUT2D eigenvalue weighted by atomic mass is 10.1. The maximum Gasteiger partial charge on any atom is 0.353 e. The van der Waals surface area contributed by atoms with E-state index in [-0.39, 0.29) is 5.97 Å². The quantitative estimate of drug-likeness (QED) is 0.395. The molecule has 2 heterocycles. The first-order chi connectivity index (χ1) is 11.6. The van der Waals surface area contributed by atoms with Crippen molar-refractivity contribution in [1.29, 1.82) is 0 Å². The van der Waals surface area contributed by atoms with Gasteiger partial charge in [0.1, 0.15) is 10.6 Å². The highest BCUT2D eigenvalue weighted by molar-refractivity contribution is 7.98. The van der Waals surface area contributed by atoms with Gasteiger partial charge in [-0.15, -0.1) is 23.1 Å². The third kappa shape index (κ3) is 2.97. The fraction of sp³-hybridized carbons (Fsp3) is 0.105. The molecule has 0 atom stereocenters. The first kappa shape index (κ1) is 15.8. The molecule has 120 valence electrons. The Morgan fingerprint density at radius 1 is 1.12 bits per heavy atom. The van der Waals surface area contributed by atoms with Crippen LogP contribution < -0.4 is 4.74 Å². The predicted octanol–water partition coefficient (Wildman–Crippen LogP) is 6.20. The first-order valence-corrected chi connectivity index (χ1v) is 9.62. The average Bonchev–Trinajstić information content (AvgIpc) is 3.02. The Morgan fingerprint density at radius 2 is 1.92 bits per heavy atom. The number of hydrogen-bond donors (Lipinski definition) is 0. The van der Waals surface area contributed by atoms with E-state index in [1.807, 2.05) is 17.8 Å². The third-order valence-corrected chi connectivity index (χ3v) is 6.36. The molecule has 0 spiro atoms. The van der Waals surface area contributed by atoms with Crippen LogP contribution >= 0.6 is 34.7 Å². The molecule has 1 aromatic heterocycles. The number of carbonyl (C=O) groups is 1. The van der Waals surface area contributed by atoms with Crippen molar-refractivity contribution in [2.75, 3.05) is 0 Å². The number of fused-ring (bicyclic) bond motifs is 3. The Hall–Kier alpha value is -1.75. The van der Waals surface area contributed by atoms with E-state index in [1.165, 1.54) is 37.8 Å². The number of thioether (sulfide) groups is 1. The largest absolute Gasteiger partial charge is 0.422 e. The Labute approximate surface area is 153 Å². The number of hydrogen-bond acceptors (Lipinski definition) is 4. The van der Waals surface area contributed by atoms with Crippen LogP contribution in [-0.4, -0.2) is 5.97 Å². The predicted molar refractivity (Wildman–Crippen MR) is 100 cm³/mol. The molecule has 1 aliphatic rings. The molecule has 24 heavy (non-hydrogen) atoms. The molecule has 0 bridgehead atoms. The topological polar surface area (TPSA) is 26.3 Å². The van der Waals surface area contributed by atoms with Crippen LogP contribution in [0.4, 0.5) is 0 Å². The van der Waals surface area contributed by atoms with Crippen LogP contribution in [0, 0.1) is 6.92 Å². The molecule has 0 saturated carbocycles. The standard InChI is InChI=1S/C19H13ClO2S2/c1-11-2-7-16-15(8-11)18-12(10-23-16)9-17(24-18)19(21)22-14-5-3-13(20)4-6-14/h2-9H,10H2,1H3. The van der Waals surface area contributed by atoms with Gasteiger partial charge in [0, 0.05) is 26.1 Å². The maximum atomic E-state index is 12.4. The van der Waals surface area contributed by atoms with Crippen LogP contribution in [0.2, 0.25) is 5.02 Å². The molecule has 5 heteroatoms. The van der Waals surface area contributed by atoms with Crippen LogP contribution in [0.3, 0.4) is 0 Å². The summed E-state index contributed by atoms with van der Waals surface area (Å²) in [5.41, 5.74) is 3.64. The van der Waals surface area contributed by atoms with Gasteiger partial charge in [-0.3, -0.25) is 0 Å². The minimum Gasteiger partial charge on any atom is -0.422 e. The van der Waals surface area contributed by atoms with Crippen molar-refractivity contribution in [3.63, 3.8) is 0 Å². The summed E-state index contributed by atoms with van der Waals surface area (Å²) in [6, 6.07) is 15.2. The Bertz CT molecular complexity index is 929. The van der Waals surface area contributed by atoms with Crippen LogP contribution in [0.5, 0.6) is 5.75 Å². The Kier molecular flexibility index (Phi) is 4.12. The molecule has 0 N–H and O–H groups in total. The lowest BCUT2D eigenvalue weighted by Gasteiger charge is -2.15. The minimum atomic E-state index is -0.323. The molecule has 3 aromatic rings. The molecule has 2 aromatic carbocycles. The maximum absolute atomic E-state index is 12.4. The highest BCUT2D eigenvalue weighted by Gasteiger charge is 2.23. The Balaban J connectivity index is 1.65. The second-order valence-electron chi connectivity index (χ2n) is 5.60. The lowest BCUT2D eigenvalue weighted by Crippen LogP contribution is -2.06. The number of carbonyl (C=O) groups excluding carboxylic acids is 1. The fourth-order valence-corrected chi connectivity index (χ4v) is 5.02. The first-order valence-electron chi connectivity index (χ1n) is 7.44. The van der Waals surface area contributed by atoms with E-state index in [0.717, 1.165) is 5.75 Å². The molecule has 0 fully saturated rings. The molecule has 1 aliphatic heterocycles.